The van der Waals surface area contributed by atoms with Crippen LogP contribution in [0.25, 0.3) is 0 Å². The van der Waals surface area contributed by atoms with Crippen molar-refractivity contribution in [1.29, 1.82) is 0 Å². The van der Waals surface area contributed by atoms with Crippen LogP contribution in [0.4, 0.5) is 4.79 Å². The molecule has 0 aromatic heterocycles. The fraction of sp³-hybridized carbons (Fsp3) is 0.769. The number of amides is 4. The summed E-state index contributed by atoms with van der Waals surface area (Å²) in [7, 11) is 1.59. The molecule has 8 heteroatoms. The third kappa shape index (κ3) is 6.77. The molecule has 0 aromatic carbocycles. The van der Waals surface area contributed by atoms with Crippen LogP contribution >= 0.6 is 12.4 Å². The summed E-state index contributed by atoms with van der Waals surface area (Å²) in [5, 5.41) is 5.99. The molecule has 1 fully saturated rings. The molecule has 21 heavy (non-hydrogen) atoms. The maximum absolute atomic E-state index is 11.6. The number of rotatable bonds is 9. The van der Waals surface area contributed by atoms with Crippen molar-refractivity contribution in [3.8, 4) is 0 Å². The number of urea groups is 1. The molecule has 1 rings (SSSR count). The summed E-state index contributed by atoms with van der Waals surface area (Å²) < 4.78 is 0. The third-order valence-electron chi connectivity index (χ3n) is 3.07. The average molecular weight is 321 g/mol. The molecule has 0 bridgehead atoms. The van der Waals surface area contributed by atoms with E-state index in [0.29, 0.717) is 25.9 Å². The lowest BCUT2D eigenvalue weighted by Gasteiger charge is -2.13. The van der Waals surface area contributed by atoms with Crippen LogP contribution in [0.15, 0.2) is 0 Å². The van der Waals surface area contributed by atoms with Crippen LogP contribution in [-0.2, 0) is 9.59 Å². The monoisotopic (exact) mass is 320 g/mol. The van der Waals surface area contributed by atoms with Crippen LogP contribution in [0.1, 0.15) is 26.2 Å². The second-order valence-electron chi connectivity index (χ2n) is 4.89. The number of nitrogens with one attached hydrogen (secondary N) is 2. The molecule has 0 aliphatic carbocycles. The fourth-order valence-corrected chi connectivity index (χ4v) is 1.97. The average Bonchev–Trinajstić information content (AvgIpc) is 2.65. The van der Waals surface area contributed by atoms with Gasteiger partial charge in [-0.15, -0.1) is 12.4 Å². The Labute approximate surface area is 131 Å². The highest BCUT2D eigenvalue weighted by Crippen LogP contribution is 2.08. The van der Waals surface area contributed by atoms with Crippen LogP contribution in [-0.4, -0.2) is 67.4 Å². The van der Waals surface area contributed by atoms with Crippen LogP contribution in [0, 0.1) is 0 Å². The van der Waals surface area contributed by atoms with E-state index in [9.17, 15) is 14.4 Å². The first-order valence-corrected chi connectivity index (χ1v) is 7.09. The van der Waals surface area contributed by atoms with Crippen molar-refractivity contribution in [3.63, 3.8) is 0 Å². The summed E-state index contributed by atoms with van der Waals surface area (Å²) in [5.41, 5.74) is 0. The number of imide groups is 1. The highest BCUT2D eigenvalue weighted by Gasteiger charge is 2.32. The largest absolute Gasteiger partial charge is 0.355 e. The number of likely N-dealkylation sites (N-methyl/N-ethyl adjacent to an activating group) is 1. The summed E-state index contributed by atoms with van der Waals surface area (Å²) in [4.78, 5) is 37.2. The molecule has 1 saturated heterocycles. The molecule has 0 saturated carbocycles. The minimum atomic E-state index is -0.279. The van der Waals surface area contributed by atoms with Gasteiger partial charge in [-0.05, 0) is 19.4 Å². The van der Waals surface area contributed by atoms with Gasteiger partial charge in [0.2, 0.25) is 11.8 Å². The first-order chi connectivity index (χ1) is 9.56. The van der Waals surface area contributed by atoms with E-state index in [1.807, 2.05) is 0 Å². The maximum Gasteiger partial charge on any atom is 0.326 e. The van der Waals surface area contributed by atoms with Crippen molar-refractivity contribution < 1.29 is 14.4 Å². The Bertz CT molecular complexity index is 365. The molecule has 0 aromatic rings. The Morgan fingerprint density at radius 1 is 1.24 bits per heavy atom. The number of carbonyl (C=O) groups is 3. The number of carbonyl (C=O) groups excluding carboxylic acids is 3. The van der Waals surface area contributed by atoms with E-state index in [-0.39, 0.29) is 36.8 Å². The summed E-state index contributed by atoms with van der Waals surface area (Å²) in [6.45, 7) is 4.83. The molecule has 7 nitrogen and oxygen atoms in total. The first kappa shape index (κ1) is 19.7. The Balaban J connectivity index is 0.00000400. The number of nitrogens with zero attached hydrogens (tertiary/aromatic N) is 2. The molecule has 0 radical (unpaired) electrons. The molecule has 0 spiro atoms. The molecule has 0 unspecified atom stereocenters. The summed E-state index contributed by atoms with van der Waals surface area (Å²) >= 11 is 0. The normalized spacial score (nSPS) is 14.4. The first-order valence-electron chi connectivity index (χ1n) is 7.09. The van der Waals surface area contributed by atoms with Gasteiger partial charge in [0, 0.05) is 33.1 Å². The maximum atomic E-state index is 11.6. The zero-order chi connectivity index (χ0) is 15.0. The molecule has 1 heterocycles. The predicted octanol–water partition coefficient (Wildman–Crippen LogP) is 0.198. The molecule has 1 aliphatic heterocycles. The van der Waals surface area contributed by atoms with E-state index < -0.39 is 0 Å². The SMILES string of the molecule is CCCNCCNC(=O)CCCN1C(=O)CN(C)C1=O.Cl. The Hall–Kier alpha value is -1.34. The number of halogens is 1. The standard InChI is InChI=1S/C13H24N4O3.ClH/c1-3-6-14-7-8-15-11(18)5-4-9-17-12(19)10-16(2)13(17)20;/h14H,3-10H2,1-2H3,(H,15,18);1H. The molecular weight excluding hydrogens is 296 g/mol. The van der Waals surface area contributed by atoms with Gasteiger partial charge in [-0.25, -0.2) is 4.79 Å². The highest BCUT2D eigenvalue weighted by atomic mass is 35.5. The van der Waals surface area contributed by atoms with Crippen LogP contribution in [0.3, 0.4) is 0 Å². The zero-order valence-corrected chi connectivity index (χ0v) is 13.5. The molecule has 0 atom stereocenters. The second kappa shape index (κ2) is 10.4. The lowest BCUT2D eigenvalue weighted by atomic mass is 10.3. The zero-order valence-electron chi connectivity index (χ0n) is 12.7. The van der Waals surface area contributed by atoms with Gasteiger partial charge in [-0.1, -0.05) is 6.92 Å². The Kier molecular flexibility index (Phi) is 9.73. The van der Waals surface area contributed by atoms with Crippen LogP contribution in [0.2, 0.25) is 0 Å². The summed E-state index contributed by atoms with van der Waals surface area (Å²) in [5.74, 6) is -0.238. The quantitative estimate of drug-likeness (QED) is 0.469. The van der Waals surface area contributed by atoms with Crippen molar-refractivity contribution in [1.82, 2.24) is 20.4 Å². The lowest BCUT2D eigenvalue weighted by molar-refractivity contribution is -0.126. The summed E-state index contributed by atoms with van der Waals surface area (Å²) in [6, 6.07) is -0.279. The van der Waals surface area contributed by atoms with Gasteiger partial charge in [-0.3, -0.25) is 14.5 Å². The van der Waals surface area contributed by atoms with Crippen molar-refractivity contribution in [2.75, 3.05) is 39.8 Å². The third-order valence-corrected chi connectivity index (χ3v) is 3.07. The van der Waals surface area contributed by atoms with Crippen LogP contribution in [0.5, 0.6) is 0 Å². The minimum absolute atomic E-state index is 0. The lowest BCUT2D eigenvalue weighted by Crippen LogP contribution is -2.34. The minimum Gasteiger partial charge on any atom is -0.355 e. The molecule has 4 amide bonds. The van der Waals surface area contributed by atoms with E-state index in [1.54, 1.807) is 7.05 Å². The highest BCUT2D eigenvalue weighted by molar-refractivity contribution is 6.01. The van der Waals surface area contributed by atoms with Crippen molar-refractivity contribution >= 4 is 30.3 Å². The Morgan fingerprint density at radius 2 is 1.95 bits per heavy atom. The van der Waals surface area contributed by atoms with E-state index in [1.165, 1.54) is 9.80 Å². The van der Waals surface area contributed by atoms with Gasteiger partial charge < -0.3 is 15.5 Å². The van der Waals surface area contributed by atoms with E-state index in [2.05, 4.69) is 17.6 Å². The van der Waals surface area contributed by atoms with Gasteiger partial charge in [0.1, 0.15) is 6.54 Å². The molecule has 1 aliphatic rings. The van der Waals surface area contributed by atoms with Gasteiger partial charge in [-0.2, -0.15) is 0 Å². The van der Waals surface area contributed by atoms with Crippen molar-refractivity contribution in [3.05, 3.63) is 0 Å². The van der Waals surface area contributed by atoms with Crippen molar-refractivity contribution in [2.24, 2.45) is 0 Å². The summed E-state index contributed by atoms with van der Waals surface area (Å²) in [6.07, 6.45) is 1.90. The second-order valence-corrected chi connectivity index (χ2v) is 4.89. The molecule has 2 N–H and O–H groups in total. The predicted molar refractivity (Wildman–Crippen MR) is 82.4 cm³/mol. The molecule has 122 valence electrons. The van der Waals surface area contributed by atoms with Gasteiger partial charge in [0.15, 0.2) is 0 Å². The number of hydrogen-bond donors (Lipinski definition) is 2. The van der Waals surface area contributed by atoms with Crippen molar-refractivity contribution in [2.45, 2.75) is 26.2 Å². The Morgan fingerprint density at radius 3 is 2.52 bits per heavy atom. The van der Waals surface area contributed by atoms with E-state index >= 15 is 0 Å². The fourth-order valence-electron chi connectivity index (χ4n) is 1.97. The van der Waals surface area contributed by atoms with Gasteiger partial charge >= 0.3 is 6.03 Å². The van der Waals surface area contributed by atoms with Gasteiger partial charge in [0.05, 0.1) is 0 Å². The topological polar surface area (TPSA) is 81.8 Å². The number of hydrogen-bond acceptors (Lipinski definition) is 4. The van der Waals surface area contributed by atoms with Gasteiger partial charge in [0.25, 0.3) is 0 Å². The van der Waals surface area contributed by atoms with E-state index in [4.69, 9.17) is 0 Å². The smallest absolute Gasteiger partial charge is 0.326 e. The van der Waals surface area contributed by atoms with Crippen LogP contribution < -0.4 is 10.6 Å². The molecular formula is C13H25ClN4O3. The van der Waals surface area contributed by atoms with E-state index in [0.717, 1.165) is 19.5 Å².